The maximum Gasteiger partial charge on any atom is 0.0463 e. The SMILES string of the molecule is Cc1ccc(C(CCc2cccs2)NN)cc1. The third kappa shape index (κ3) is 3.40. The number of nitrogens with two attached hydrogens (primary N) is 1. The number of hydrazine groups is 1. The predicted molar refractivity (Wildman–Crippen MR) is 73.9 cm³/mol. The van der Waals surface area contributed by atoms with Crippen LogP contribution in [0.1, 0.15) is 28.5 Å². The monoisotopic (exact) mass is 246 g/mol. The molecular weight excluding hydrogens is 228 g/mol. The van der Waals surface area contributed by atoms with Crippen molar-refractivity contribution in [3.63, 3.8) is 0 Å². The minimum Gasteiger partial charge on any atom is -0.271 e. The fourth-order valence-corrected chi connectivity index (χ4v) is 2.61. The first-order valence-electron chi connectivity index (χ1n) is 5.84. The zero-order valence-electron chi connectivity index (χ0n) is 10.0. The molecule has 3 N–H and O–H groups in total. The van der Waals surface area contributed by atoms with Crippen LogP contribution in [0.3, 0.4) is 0 Å². The Morgan fingerprint density at radius 2 is 2.00 bits per heavy atom. The Bertz CT molecular complexity index is 434. The first-order chi connectivity index (χ1) is 8.29. The normalized spacial score (nSPS) is 12.6. The second kappa shape index (κ2) is 5.96. The fourth-order valence-electron chi connectivity index (χ4n) is 1.89. The fraction of sp³-hybridized carbons (Fsp3) is 0.286. The Kier molecular flexibility index (Phi) is 4.31. The highest BCUT2D eigenvalue weighted by molar-refractivity contribution is 7.09. The molecular formula is C14H18N2S. The van der Waals surface area contributed by atoms with Gasteiger partial charge in [-0.25, -0.2) is 0 Å². The summed E-state index contributed by atoms with van der Waals surface area (Å²) in [6.45, 7) is 2.10. The van der Waals surface area contributed by atoms with Crippen LogP contribution in [0.5, 0.6) is 0 Å². The van der Waals surface area contributed by atoms with Crippen LogP contribution in [0.2, 0.25) is 0 Å². The van der Waals surface area contributed by atoms with Crippen LogP contribution < -0.4 is 11.3 Å². The molecule has 90 valence electrons. The smallest absolute Gasteiger partial charge is 0.0463 e. The molecule has 1 atom stereocenters. The third-order valence-corrected chi connectivity index (χ3v) is 3.88. The van der Waals surface area contributed by atoms with Gasteiger partial charge in [-0.2, -0.15) is 0 Å². The van der Waals surface area contributed by atoms with E-state index in [9.17, 15) is 0 Å². The van der Waals surface area contributed by atoms with E-state index in [2.05, 4.69) is 54.1 Å². The minimum atomic E-state index is 0.234. The number of benzene rings is 1. The van der Waals surface area contributed by atoms with Gasteiger partial charge in [0.1, 0.15) is 0 Å². The zero-order chi connectivity index (χ0) is 12.1. The van der Waals surface area contributed by atoms with Gasteiger partial charge in [0.15, 0.2) is 0 Å². The van der Waals surface area contributed by atoms with Crippen molar-refractivity contribution in [2.75, 3.05) is 0 Å². The van der Waals surface area contributed by atoms with E-state index in [4.69, 9.17) is 5.84 Å². The first kappa shape index (κ1) is 12.3. The van der Waals surface area contributed by atoms with Crippen LogP contribution in [0, 0.1) is 6.92 Å². The molecule has 0 radical (unpaired) electrons. The van der Waals surface area contributed by atoms with Crippen LogP contribution in [0.4, 0.5) is 0 Å². The van der Waals surface area contributed by atoms with Gasteiger partial charge < -0.3 is 0 Å². The van der Waals surface area contributed by atoms with Crippen molar-refractivity contribution in [3.8, 4) is 0 Å². The Morgan fingerprint density at radius 3 is 2.59 bits per heavy atom. The summed E-state index contributed by atoms with van der Waals surface area (Å²) in [7, 11) is 0. The van der Waals surface area contributed by atoms with Crippen LogP contribution >= 0.6 is 11.3 Å². The van der Waals surface area contributed by atoms with Crippen LogP contribution in [0.25, 0.3) is 0 Å². The van der Waals surface area contributed by atoms with Gasteiger partial charge >= 0.3 is 0 Å². The number of rotatable bonds is 5. The average molecular weight is 246 g/mol. The molecule has 1 aromatic carbocycles. The number of aryl methyl sites for hydroxylation is 2. The van der Waals surface area contributed by atoms with Crippen molar-refractivity contribution in [3.05, 3.63) is 57.8 Å². The second-order valence-corrected chi connectivity index (χ2v) is 5.28. The van der Waals surface area contributed by atoms with E-state index < -0.39 is 0 Å². The molecule has 1 aromatic heterocycles. The maximum absolute atomic E-state index is 5.64. The van der Waals surface area contributed by atoms with Gasteiger partial charge in [-0.1, -0.05) is 35.9 Å². The summed E-state index contributed by atoms with van der Waals surface area (Å²) in [6.07, 6.45) is 2.10. The quantitative estimate of drug-likeness (QED) is 0.628. The molecule has 17 heavy (non-hydrogen) atoms. The molecule has 2 rings (SSSR count). The maximum atomic E-state index is 5.64. The lowest BCUT2D eigenvalue weighted by Crippen LogP contribution is -2.28. The van der Waals surface area contributed by atoms with Crippen molar-refractivity contribution in [2.45, 2.75) is 25.8 Å². The van der Waals surface area contributed by atoms with Crippen molar-refractivity contribution < 1.29 is 0 Å². The van der Waals surface area contributed by atoms with Gasteiger partial charge in [0.25, 0.3) is 0 Å². The molecule has 0 saturated carbocycles. The topological polar surface area (TPSA) is 38.0 Å². The highest BCUT2D eigenvalue weighted by Gasteiger charge is 2.09. The summed E-state index contributed by atoms with van der Waals surface area (Å²) < 4.78 is 0. The molecule has 0 bridgehead atoms. The molecule has 1 heterocycles. The zero-order valence-corrected chi connectivity index (χ0v) is 10.8. The molecule has 2 aromatic rings. The Morgan fingerprint density at radius 1 is 1.24 bits per heavy atom. The van der Waals surface area contributed by atoms with Gasteiger partial charge in [-0.3, -0.25) is 11.3 Å². The predicted octanol–water partition coefficient (Wildman–Crippen LogP) is 3.19. The second-order valence-electron chi connectivity index (χ2n) is 4.25. The van der Waals surface area contributed by atoms with Crippen molar-refractivity contribution >= 4 is 11.3 Å². The molecule has 0 spiro atoms. The Balaban J connectivity index is 1.99. The molecule has 3 heteroatoms. The Hall–Kier alpha value is -1.16. The molecule has 2 nitrogen and oxygen atoms in total. The summed E-state index contributed by atoms with van der Waals surface area (Å²) in [5, 5.41) is 2.12. The van der Waals surface area contributed by atoms with E-state index in [0.29, 0.717) is 0 Å². The molecule has 0 aliphatic rings. The number of hydrogen-bond donors (Lipinski definition) is 2. The molecule has 1 unspecified atom stereocenters. The van der Waals surface area contributed by atoms with Crippen molar-refractivity contribution in [2.24, 2.45) is 5.84 Å². The number of hydrogen-bond acceptors (Lipinski definition) is 3. The molecule has 0 aliphatic carbocycles. The summed E-state index contributed by atoms with van der Waals surface area (Å²) in [4.78, 5) is 1.41. The lowest BCUT2D eigenvalue weighted by Gasteiger charge is -2.16. The summed E-state index contributed by atoms with van der Waals surface area (Å²) in [5.41, 5.74) is 5.44. The molecule has 0 fully saturated rings. The van der Waals surface area contributed by atoms with Gasteiger partial charge in [0.2, 0.25) is 0 Å². The summed E-state index contributed by atoms with van der Waals surface area (Å²) in [6, 6.07) is 13.1. The van der Waals surface area contributed by atoms with E-state index in [0.717, 1.165) is 12.8 Å². The van der Waals surface area contributed by atoms with Crippen LogP contribution in [-0.2, 0) is 6.42 Å². The van der Waals surface area contributed by atoms with Gasteiger partial charge in [-0.15, -0.1) is 11.3 Å². The molecule has 0 aliphatic heterocycles. The van der Waals surface area contributed by atoms with Gasteiger partial charge in [0.05, 0.1) is 0 Å². The number of thiophene rings is 1. The number of nitrogens with one attached hydrogen (secondary N) is 1. The third-order valence-electron chi connectivity index (χ3n) is 2.94. The summed E-state index contributed by atoms with van der Waals surface area (Å²) in [5.74, 6) is 5.64. The van der Waals surface area contributed by atoms with E-state index in [1.165, 1.54) is 16.0 Å². The largest absolute Gasteiger partial charge is 0.271 e. The van der Waals surface area contributed by atoms with E-state index >= 15 is 0 Å². The first-order valence-corrected chi connectivity index (χ1v) is 6.72. The van der Waals surface area contributed by atoms with Crippen molar-refractivity contribution in [1.29, 1.82) is 0 Å². The lowest BCUT2D eigenvalue weighted by atomic mass is 10.0. The van der Waals surface area contributed by atoms with E-state index in [1.54, 1.807) is 11.3 Å². The lowest BCUT2D eigenvalue weighted by molar-refractivity contribution is 0.518. The summed E-state index contributed by atoms with van der Waals surface area (Å²) >= 11 is 1.80. The highest BCUT2D eigenvalue weighted by Crippen LogP contribution is 2.20. The van der Waals surface area contributed by atoms with Gasteiger partial charge in [0, 0.05) is 10.9 Å². The highest BCUT2D eigenvalue weighted by atomic mass is 32.1. The van der Waals surface area contributed by atoms with E-state index in [1.807, 2.05) is 0 Å². The average Bonchev–Trinajstić information content (AvgIpc) is 2.85. The standard InChI is InChI=1S/C14H18N2S/c1-11-4-6-12(7-5-11)14(16-15)9-8-13-3-2-10-17-13/h2-7,10,14,16H,8-9,15H2,1H3. The minimum absolute atomic E-state index is 0.234. The van der Waals surface area contributed by atoms with Gasteiger partial charge in [-0.05, 0) is 36.8 Å². The van der Waals surface area contributed by atoms with Crippen LogP contribution in [-0.4, -0.2) is 0 Å². The molecule has 0 amide bonds. The molecule has 0 saturated heterocycles. The van der Waals surface area contributed by atoms with Crippen LogP contribution in [0.15, 0.2) is 41.8 Å². The Labute approximate surface area is 106 Å². The van der Waals surface area contributed by atoms with Crippen molar-refractivity contribution in [1.82, 2.24) is 5.43 Å². The van der Waals surface area contributed by atoms with E-state index in [-0.39, 0.29) is 6.04 Å².